The van der Waals surface area contributed by atoms with E-state index in [1.165, 1.54) is 0 Å². The molecule has 0 aliphatic carbocycles. The van der Waals surface area contributed by atoms with Crippen molar-refractivity contribution in [2.75, 3.05) is 11.9 Å². The highest BCUT2D eigenvalue weighted by Gasteiger charge is 2.25. The second-order valence-corrected chi connectivity index (χ2v) is 5.14. The third kappa shape index (κ3) is 2.54. The van der Waals surface area contributed by atoms with E-state index in [1.54, 1.807) is 6.07 Å². The maximum atomic E-state index is 12.3. The molecular formula is C15H17NO3. The van der Waals surface area contributed by atoms with Crippen molar-refractivity contribution in [1.82, 2.24) is 0 Å². The van der Waals surface area contributed by atoms with Crippen LogP contribution < -0.4 is 5.32 Å². The van der Waals surface area contributed by atoms with E-state index in [0.717, 1.165) is 36.9 Å². The number of fused-ring (bicyclic) bond motifs is 1. The topological polar surface area (TPSA) is 55.4 Å². The van der Waals surface area contributed by atoms with Crippen LogP contribution in [0.4, 0.5) is 5.69 Å². The Labute approximate surface area is 112 Å². The zero-order valence-corrected chi connectivity index (χ0v) is 10.8. The van der Waals surface area contributed by atoms with Crippen LogP contribution in [0.25, 0.3) is 0 Å². The smallest absolute Gasteiger partial charge is 0.224 e. The number of hydrogen-bond donors (Lipinski definition) is 1. The first kappa shape index (κ1) is 12.4. The molecule has 0 spiro atoms. The average Bonchev–Trinajstić information content (AvgIpc) is 2.87. The van der Waals surface area contributed by atoms with Gasteiger partial charge in [-0.1, -0.05) is 0 Å². The van der Waals surface area contributed by atoms with E-state index in [-0.39, 0.29) is 17.8 Å². The van der Waals surface area contributed by atoms with Gasteiger partial charge >= 0.3 is 0 Å². The molecule has 1 unspecified atom stereocenters. The van der Waals surface area contributed by atoms with Crippen molar-refractivity contribution in [1.29, 1.82) is 0 Å². The lowest BCUT2D eigenvalue weighted by atomic mass is 9.99. The summed E-state index contributed by atoms with van der Waals surface area (Å²) in [5, 5.41) is 2.88. The summed E-state index contributed by atoms with van der Waals surface area (Å²) in [5.74, 6) is 0.118. The Bertz CT molecular complexity index is 518. The van der Waals surface area contributed by atoms with E-state index in [0.29, 0.717) is 18.6 Å². The molecule has 1 aromatic rings. The van der Waals surface area contributed by atoms with Gasteiger partial charge in [-0.15, -0.1) is 0 Å². The molecule has 3 rings (SSSR count). The quantitative estimate of drug-likeness (QED) is 0.829. The van der Waals surface area contributed by atoms with Crippen molar-refractivity contribution >= 4 is 17.4 Å². The van der Waals surface area contributed by atoms with Crippen LogP contribution in [0.3, 0.4) is 0 Å². The number of Topliss-reactive ketones (excluding diaryl/α,β-unsaturated/α-hetero) is 1. The van der Waals surface area contributed by atoms with Gasteiger partial charge in [0.1, 0.15) is 6.10 Å². The minimum atomic E-state index is -0.279. The molecule has 4 heteroatoms. The number of hydrogen-bond acceptors (Lipinski definition) is 3. The molecule has 19 heavy (non-hydrogen) atoms. The number of anilines is 1. The van der Waals surface area contributed by atoms with E-state index in [2.05, 4.69) is 5.32 Å². The molecule has 1 atom stereocenters. The van der Waals surface area contributed by atoms with Gasteiger partial charge in [-0.3, -0.25) is 9.59 Å². The second kappa shape index (κ2) is 5.13. The first-order valence-electron chi connectivity index (χ1n) is 6.82. The number of benzene rings is 1. The number of carbonyl (C=O) groups excluding carboxylic acids is 2. The number of ether oxygens (including phenoxy) is 1. The van der Waals surface area contributed by atoms with Gasteiger partial charge in [0.2, 0.25) is 5.91 Å². The lowest BCUT2D eigenvalue weighted by molar-refractivity contribution is -0.116. The Balaban J connectivity index is 1.86. The molecule has 1 aromatic carbocycles. The molecule has 0 saturated carbocycles. The maximum absolute atomic E-state index is 12.3. The summed E-state index contributed by atoms with van der Waals surface area (Å²) in [6.45, 7) is 0.678. The third-order valence-corrected chi connectivity index (χ3v) is 3.74. The van der Waals surface area contributed by atoms with E-state index in [4.69, 9.17) is 4.74 Å². The lowest BCUT2D eigenvalue weighted by Crippen LogP contribution is -2.19. The van der Waals surface area contributed by atoms with Gasteiger partial charge in [-0.25, -0.2) is 0 Å². The number of carbonyl (C=O) groups is 2. The molecule has 4 nitrogen and oxygen atoms in total. The number of nitrogens with one attached hydrogen (secondary N) is 1. The van der Waals surface area contributed by atoms with Gasteiger partial charge in [0.15, 0.2) is 5.78 Å². The van der Waals surface area contributed by atoms with Crippen LogP contribution in [0.15, 0.2) is 18.2 Å². The van der Waals surface area contributed by atoms with Crippen molar-refractivity contribution in [2.24, 2.45) is 0 Å². The van der Waals surface area contributed by atoms with Crippen LogP contribution in [-0.4, -0.2) is 24.4 Å². The van der Waals surface area contributed by atoms with Gasteiger partial charge in [0.05, 0.1) is 0 Å². The monoisotopic (exact) mass is 259 g/mol. The van der Waals surface area contributed by atoms with Crippen molar-refractivity contribution in [3.8, 4) is 0 Å². The predicted molar refractivity (Wildman–Crippen MR) is 71.3 cm³/mol. The summed E-state index contributed by atoms with van der Waals surface area (Å²) in [7, 11) is 0. The fourth-order valence-corrected chi connectivity index (χ4v) is 2.70. The summed E-state index contributed by atoms with van der Waals surface area (Å²) >= 11 is 0. The number of rotatable bonds is 2. The Morgan fingerprint density at radius 3 is 2.95 bits per heavy atom. The highest BCUT2D eigenvalue weighted by Crippen LogP contribution is 2.25. The molecule has 2 aliphatic rings. The SMILES string of the molecule is O=C1CCCc2cc(C(=O)C3CCCO3)ccc2N1. The minimum Gasteiger partial charge on any atom is -0.370 e. The summed E-state index contributed by atoms with van der Waals surface area (Å²) in [5.41, 5.74) is 2.59. The van der Waals surface area contributed by atoms with Crippen molar-refractivity contribution in [3.05, 3.63) is 29.3 Å². The normalized spacial score (nSPS) is 22.5. The largest absolute Gasteiger partial charge is 0.370 e. The van der Waals surface area contributed by atoms with E-state index < -0.39 is 0 Å². The van der Waals surface area contributed by atoms with Gasteiger partial charge < -0.3 is 10.1 Å². The van der Waals surface area contributed by atoms with Crippen molar-refractivity contribution < 1.29 is 14.3 Å². The number of amides is 1. The highest BCUT2D eigenvalue weighted by molar-refractivity contribution is 6.01. The first-order chi connectivity index (χ1) is 9.24. The molecule has 100 valence electrons. The lowest BCUT2D eigenvalue weighted by Gasteiger charge is -2.11. The molecule has 1 amide bonds. The molecule has 2 heterocycles. The van der Waals surface area contributed by atoms with Gasteiger partial charge in [0.25, 0.3) is 0 Å². The summed E-state index contributed by atoms with van der Waals surface area (Å²) in [6, 6.07) is 5.53. The zero-order chi connectivity index (χ0) is 13.2. The van der Waals surface area contributed by atoms with Crippen LogP contribution in [0.5, 0.6) is 0 Å². The standard InChI is InChI=1S/C15H17NO3/c17-14-5-1-3-10-9-11(6-7-12(10)16-14)15(18)13-4-2-8-19-13/h6-7,9,13H,1-5,8H2,(H,16,17). The Kier molecular flexibility index (Phi) is 3.34. The average molecular weight is 259 g/mol. The molecule has 1 fully saturated rings. The molecule has 0 aromatic heterocycles. The zero-order valence-electron chi connectivity index (χ0n) is 10.8. The molecule has 0 radical (unpaired) electrons. The Morgan fingerprint density at radius 2 is 2.16 bits per heavy atom. The predicted octanol–water partition coefficient (Wildman–Crippen LogP) is 2.32. The molecular weight excluding hydrogens is 242 g/mol. The highest BCUT2D eigenvalue weighted by atomic mass is 16.5. The summed E-state index contributed by atoms with van der Waals surface area (Å²) < 4.78 is 5.44. The third-order valence-electron chi connectivity index (χ3n) is 3.74. The van der Waals surface area contributed by atoms with Crippen molar-refractivity contribution in [3.63, 3.8) is 0 Å². The molecule has 0 bridgehead atoms. The van der Waals surface area contributed by atoms with Gasteiger partial charge in [0, 0.05) is 24.3 Å². The Morgan fingerprint density at radius 1 is 1.26 bits per heavy atom. The second-order valence-electron chi connectivity index (χ2n) is 5.14. The van der Waals surface area contributed by atoms with Gasteiger partial charge in [-0.05, 0) is 49.4 Å². The summed E-state index contributed by atoms with van der Waals surface area (Å²) in [6.07, 6.45) is 3.70. The van der Waals surface area contributed by atoms with E-state index in [9.17, 15) is 9.59 Å². The molecule has 1 N–H and O–H groups in total. The van der Waals surface area contributed by atoms with Crippen LogP contribution >= 0.6 is 0 Å². The van der Waals surface area contributed by atoms with E-state index >= 15 is 0 Å². The van der Waals surface area contributed by atoms with Gasteiger partial charge in [-0.2, -0.15) is 0 Å². The van der Waals surface area contributed by atoms with E-state index in [1.807, 2.05) is 12.1 Å². The summed E-state index contributed by atoms with van der Waals surface area (Å²) in [4.78, 5) is 23.7. The van der Waals surface area contributed by atoms with Crippen LogP contribution in [0.2, 0.25) is 0 Å². The molecule has 2 aliphatic heterocycles. The Hall–Kier alpha value is -1.68. The van der Waals surface area contributed by atoms with Crippen LogP contribution in [0, 0.1) is 0 Å². The maximum Gasteiger partial charge on any atom is 0.224 e. The number of aryl methyl sites for hydroxylation is 1. The van der Waals surface area contributed by atoms with Crippen LogP contribution in [0.1, 0.15) is 41.6 Å². The first-order valence-corrected chi connectivity index (χ1v) is 6.82. The minimum absolute atomic E-state index is 0.0527. The fraction of sp³-hybridized carbons (Fsp3) is 0.467. The molecule has 1 saturated heterocycles. The fourth-order valence-electron chi connectivity index (χ4n) is 2.70. The van der Waals surface area contributed by atoms with Crippen molar-refractivity contribution in [2.45, 2.75) is 38.2 Å². The number of ketones is 1. The van der Waals surface area contributed by atoms with Crippen LogP contribution in [-0.2, 0) is 16.0 Å².